The Labute approximate surface area is 206 Å². The van der Waals surface area contributed by atoms with Crippen molar-refractivity contribution in [1.29, 1.82) is 0 Å². The van der Waals surface area contributed by atoms with Gasteiger partial charge in [-0.2, -0.15) is 5.21 Å². The molecule has 36 heavy (non-hydrogen) atoms. The lowest BCUT2D eigenvalue weighted by Crippen LogP contribution is -2.10. The molecule has 0 unspecified atom stereocenters. The molecule has 5 aromatic rings. The van der Waals surface area contributed by atoms with Crippen LogP contribution in [0.2, 0.25) is 0 Å². The van der Waals surface area contributed by atoms with Crippen LogP contribution < -0.4 is 9.47 Å². The highest BCUT2D eigenvalue weighted by Gasteiger charge is 2.14. The summed E-state index contributed by atoms with van der Waals surface area (Å²) in [5, 5.41) is 23.5. The molecule has 0 aliphatic carbocycles. The lowest BCUT2D eigenvalue weighted by Gasteiger charge is -2.13. The number of H-pyrrole nitrogens is 1. The van der Waals surface area contributed by atoms with Crippen molar-refractivity contribution in [3.05, 3.63) is 78.0 Å². The number of aliphatic carboxylic acids is 1. The zero-order chi connectivity index (χ0) is 24.9. The van der Waals surface area contributed by atoms with Gasteiger partial charge in [-0.05, 0) is 40.5 Å². The molecule has 0 atom stereocenters. The molecule has 0 aliphatic heterocycles. The first-order chi connectivity index (χ1) is 17.6. The zero-order valence-corrected chi connectivity index (χ0v) is 19.4. The van der Waals surface area contributed by atoms with Crippen LogP contribution in [-0.2, 0) is 17.8 Å². The molecule has 3 heterocycles. The van der Waals surface area contributed by atoms with E-state index < -0.39 is 12.6 Å². The van der Waals surface area contributed by atoms with Crippen molar-refractivity contribution in [3.63, 3.8) is 0 Å². The number of pyridine rings is 2. The van der Waals surface area contributed by atoms with E-state index in [1.54, 1.807) is 12.1 Å². The summed E-state index contributed by atoms with van der Waals surface area (Å²) in [4.78, 5) is 19.9. The molecule has 0 fully saturated rings. The Balaban J connectivity index is 1.47. The maximum absolute atomic E-state index is 10.9. The van der Waals surface area contributed by atoms with Crippen molar-refractivity contribution in [3.8, 4) is 34.1 Å². The predicted octanol–water partition coefficient (Wildman–Crippen LogP) is 4.08. The second-order valence-electron chi connectivity index (χ2n) is 7.93. The first-order valence-electron chi connectivity index (χ1n) is 11.3. The Bertz CT molecular complexity index is 1510. The van der Waals surface area contributed by atoms with Crippen LogP contribution in [0.5, 0.6) is 11.6 Å². The van der Waals surface area contributed by atoms with Gasteiger partial charge in [-0.3, -0.25) is 4.98 Å². The number of carbonyl (C=O) groups is 1. The van der Waals surface area contributed by atoms with Crippen LogP contribution >= 0.6 is 0 Å². The maximum Gasteiger partial charge on any atom is 0.341 e. The molecular weight excluding hydrogens is 460 g/mol. The minimum absolute atomic E-state index is 0.187. The largest absolute Gasteiger partial charge is 0.486 e. The number of benzene rings is 2. The number of ether oxygens (including phenoxy) is 2. The van der Waals surface area contributed by atoms with E-state index in [2.05, 4.69) is 30.6 Å². The average Bonchev–Trinajstić information content (AvgIpc) is 3.46. The number of carboxylic acids is 1. The van der Waals surface area contributed by atoms with Gasteiger partial charge in [0.25, 0.3) is 0 Å². The summed E-state index contributed by atoms with van der Waals surface area (Å²) in [6.45, 7) is 1.78. The summed E-state index contributed by atoms with van der Waals surface area (Å²) in [6, 6.07) is 21.1. The fraction of sp³-hybridized carbons (Fsp3) is 0.154. The summed E-state index contributed by atoms with van der Waals surface area (Å²) < 4.78 is 11.5. The van der Waals surface area contributed by atoms with Crippen LogP contribution in [0, 0.1) is 0 Å². The fourth-order valence-corrected chi connectivity index (χ4v) is 3.79. The third kappa shape index (κ3) is 4.97. The van der Waals surface area contributed by atoms with E-state index in [4.69, 9.17) is 14.6 Å². The van der Waals surface area contributed by atoms with Crippen molar-refractivity contribution < 1.29 is 19.4 Å². The Kier molecular flexibility index (Phi) is 6.48. The van der Waals surface area contributed by atoms with Gasteiger partial charge in [0, 0.05) is 23.4 Å². The monoisotopic (exact) mass is 482 g/mol. The van der Waals surface area contributed by atoms with Crippen molar-refractivity contribution in [1.82, 2.24) is 30.6 Å². The Morgan fingerprint density at radius 2 is 1.83 bits per heavy atom. The van der Waals surface area contributed by atoms with Gasteiger partial charge in [0.15, 0.2) is 6.61 Å². The number of nitrogens with zero attached hydrogens (tertiary/aromatic N) is 5. The van der Waals surface area contributed by atoms with E-state index in [0.29, 0.717) is 22.6 Å². The highest BCUT2D eigenvalue weighted by atomic mass is 16.5. The molecule has 180 valence electrons. The van der Waals surface area contributed by atoms with Gasteiger partial charge in [0.1, 0.15) is 17.9 Å². The molecule has 2 aromatic carbocycles. The topological polar surface area (TPSA) is 136 Å². The van der Waals surface area contributed by atoms with E-state index in [1.807, 2.05) is 61.5 Å². The smallest absolute Gasteiger partial charge is 0.341 e. The van der Waals surface area contributed by atoms with Crippen LogP contribution in [0.15, 0.2) is 66.7 Å². The number of aromatic nitrogens is 6. The lowest BCUT2D eigenvalue weighted by atomic mass is 9.97. The minimum atomic E-state index is -1.08. The van der Waals surface area contributed by atoms with Crippen LogP contribution in [0.25, 0.3) is 33.5 Å². The second-order valence-corrected chi connectivity index (χ2v) is 7.93. The van der Waals surface area contributed by atoms with Gasteiger partial charge in [0.05, 0.1) is 5.52 Å². The standard InChI is InChI=1S/C26H22N6O4/c1-2-18-13-22(25-21(27-18)10-11-23(28-25)36-15-24(33)34)35-14-16-8-9-19(17-6-4-3-5-7-17)20(12-16)26-29-31-32-30-26/h3-13H,2,14-15H2,1H3,(H,33,34)(H,29,30,31,32). The number of tetrazole rings is 1. The Hall–Kier alpha value is -4.86. The zero-order valence-electron chi connectivity index (χ0n) is 19.4. The molecule has 0 amide bonds. The molecule has 10 heteroatoms. The van der Waals surface area contributed by atoms with Crippen LogP contribution in [-0.4, -0.2) is 48.3 Å². The van der Waals surface area contributed by atoms with Gasteiger partial charge in [0.2, 0.25) is 11.7 Å². The van der Waals surface area contributed by atoms with Crippen molar-refractivity contribution in [2.75, 3.05) is 6.61 Å². The summed E-state index contributed by atoms with van der Waals surface area (Å²) in [5.74, 6) is 0.127. The molecule has 0 saturated heterocycles. The number of aryl methyl sites for hydroxylation is 1. The predicted molar refractivity (Wildman–Crippen MR) is 131 cm³/mol. The Morgan fingerprint density at radius 1 is 0.972 bits per heavy atom. The van der Waals surface area contributed by atoms with Gasteiger partial charge in [-0.15, -0.1) is 10.2 Å². The molecule has 0 spiro atoms. The number of carboxylic acid groups (broad SMARTS) is 1. The number of aromatic amines is 1. The molecule has 5 rings (SSSR count). The van der Waals surface area contributed by atoms with Crippen LogP contribution in [0.1, 0.15) is 18.2 Å². The molecule has 0 aliphatic rings. The molecule has 0 radical (unpaired) electrons. The summed E-state index contributed by atoms with van der Waals surface area (Å²) in [5.41, 5.74) is 5.72. The number of fused-ring (bicyclic) bond motifs is 1. The number of rotatable bonds is 9. The first-order valence-corrected chi connectivity index (χ1v) is 11.3. The van der Waals surface area contributed by atoms with Gasteiger partial charge in [-0.25, -0.2) is 9.78 Å². The van der Waals surface area contributed by atoms with Gasteiger partial charge < -0.3 is 14.6 Å². The van der Waals surface area contributed by atoms with E-state index in [9.17, 15) is 4.79 Å². The third-order valence-corrected chi connectivity index (χ3v) is 5.50. The fourth-order valence-electron chi connectivity index (χ4n) is 3.79. The van der Waals surface area contributed by atoms with Crippen LogP contribution in [0.3, 0.4) is 0 Å². The Morgan fingerprint density at radius 3 is 2.58 bits per heavy atom. The molecule has 3 aromatic heterocycles. The van der Waals surface area contributed by atoms with Crippen molar-refractivity contribution in [2.24, 2.45) is 0 Å². The summed E-state index contributed by atoms with van der Waals surface area (Å²) in [7, 11) is 0. The SMILES string of the molecule is CCc1cc(OCc2ccc(-c3ccccc3)c(-c3nn[nH]n3)c2)c2nc(OCC(=O)O)ccc2n1. The molecule has 2 N–H and O–H groups in total. The number of hydrogen-bond acceptors (Lipinski definition) is 8. The van der Waals surface area contributed by atoms with E-state index in [0.717, 1.165) is 34.4 Å². The minimum Gasteiger partial charge on any atom is -0.486 e. The normalized spacial score (nSPS) is 10.9. The van der Waals surface area contributed by atoms with Gasteiger partial charge >= 0.3 is 5.97 Å². The molecule has 10 nitrogen and oxygen atoms in total. The maximum atomic E-state index is 10.9. The van der Waals surface area contributed by atoms with Crippen LogP contribution in [0.4, 0.5) is 0 Å². The van der Waals surface area contributed by atoms with Crippen molar-refractivity contribution in [2.45, 2.75) is 20.0 Å². The summed E-state index contributed by atoms with van der Waals surface area (Å²) in [6.07, 6.45) is 0.720. The van der Waals surface area contributed by atoms with E-state index in [-0.39, 0.29) is 12.5 Å². The highest BCUT2D eigenvalue weighted by Crippen LogP contribution is 2.32. The van der Waals surface area contributed by atoms with Crippen molar-refractivity contribution >= 4 is 17.0 Å². The van der Waals surface area contributed by atoms with E-state index in [1.165, 1.54) is 0 Å². The molecular formula is C26H22N6O4. The molecule has 0 saturated carbocycles. The number of nitrogens with one attached hydrogen (secondary N) is 1. The number of hydrogen-bond donors (Lipinski definition) is 2. The van der Waals surface area contributed by atoms with E-state index >= 15 is 0 Å². The highest BCUT2D eigenvalue weighted by molar-refractivity contribution is 5.82. The second kappa shape index (κ2) is 10.2. The average molecular weight is 483 g/mol. The molecule has 0 bridgehead atoms. The third-order valence-electron chi connectivity index (χ3n) is 5.50. The quantitative estimate of drug-likeness (QED) is 0.318. The first kappa shape index (κ1) is 22.9. The van der Waals surface area contributed by atoms with Gasteiger partial charge in [-0.1, -0.05) is 49.4 Å². The lowest BCUT2D eigenvalue weighted by molar-refractivity contribution is -0.139. The summed E-state index contributed by atoms with van der Waals surface area (Å²) >= 11 is 0.